The molecule has 2 heteroatoms. The molecule has 0 amide bonds. The molecule has 1 unspecified atom stereocenters. The molecule has 0 aliphatic carbocycles. The van der Waals surface area contributed by atoms with E-state index in [0.29, 0.717) is 5.92 Å². The Morgan fingerprint density at radius 1 is 0.833 bits per heavy atom. The van der Waals surface area contributed by atoms with Crippen molar-refractivity contribution >= 4 is 0 Å². The van der Waals surface area contributed by atoms with Crippen LogP contribution in [0, 0.1) is 5.92 Å². The van der Waals surface area contributed by atoms with E-state index in [4.69, 9.17) is 9.47 Å². The fraction of sp³-hybridized carbons (Fsp3) is 1.00. The monoisotopic (exact) mass is 258 g/mol. The van der Waals surface area contributed by atoms with E-state index in [9.17, 15) is 0 Å². The van der Waals surface area contributed by atoms with Gasteiger partial charge in [-0.15, -0.1) is 0 Å². The van der Waals surface area contributed by atoms with Gasteiger partial charge < -0.3 is 9.47 Å². The molecule has 0 rings (SSSR count). The van der Waals surface area contributed by atoms with E-state index in [2.05, 4.69) is 48.5 Å². The highest BCUT2D eigenvalue weighted by molar-refractivity contribution is 4.76. The Labute approximate surface area is 114 Å². The van der Waals surface area contributed by atoms with Crippen LogP contribution in [0.5, 0.6) is 0 Å². The second kappa shape index (κ2) is 8.16. The second-order valence-corrected chi connectivity index (χ2v) is 6.26. The second-order valence-electron chi connectivity index (χ2n) is 6.26. The van der Waals surface area contributed by atoms with Crippen LogP contribution in [0.4, 0.5) is 0 Å². The van der Waals surface area contributed by atoms with Crippen molar-refractivity contribution in [1.29, 1.82) is 0 Å². The third-order valence-corrected chi connectivity index (χ3v) is 4.09. The molecule has 2 nitrogen and oxygen atoms in total. The molecule has 0 aromatic rings. The number of hydrogen-bond donors (Lipinski definition) is 0. The van der Waals surface area contributed by atoms with Gasteiger partial charge in [0, 0.05) is 6.61 Å². The molecule has 0 spiro atoms. The highest BCUT2D eigenvalue weighted by Gasteiger charge is 2.26. The molecule has 0 aromatic heterocycles. The topological polar surface area (TPSA) is 18.5 Å². The highest BCUT2D eigenvalue weighted by atomic mass is 16.5. The van der Waals surface area contributed by atoms with Crippen molar-refractivity contribution in [3.8, 4) is 0 Å². The van der Waals surface area contributed by atoms with Crippen LogP contribution in [0.25, 0.3) is 0 Å². The summed E-state index contributed by atoms with van der Waals surface area (Å²) in [5.41, 5.74) is -0.000633. The molecule has 18 heavy (non-hydrogen) atoms. The third kappa shape index (κ3) is 6.75. The van der Waals surface area contributed by atoms with E-state index in [1.807, 2.05) is 0 Å². The van der Waals surface area contributed by atoms with Crippen molar-refractivity contribution < 1.29 is 9.47 Å². The van der Waals surface area contributed by atoms with Crippen LogP contribution < -0.4 is 0 Å². The lowest BCUT2D eigenvalue weighted by molar-refractivity contribution is -0.0940. The summed E-state index contributed by atoms with van der Waals surface area (Å²) in [6.07, 6.45) is 4.15. The Bertz CT molecular complexity index is 209. The van der Waals surface area contributed by atoms with Gasteiger partial charge in [-0.1, -0.05) is 34.6 Å². The maximum Gasteiger partial charge on any atom is 0.0674 e. The molecular formula is C16H34O2. The van der Waals surface area contributed by atoms with Crippen LogP contribution in [0.3, 0.4) is 0 Å². The molecule has 1 atom stereocenters. The largest absolute Gasteiger partial charge is 0.375 e. The van der Waals surface area contributed by atoms with Crippen LogP contribution in [-0.2, 0) is 9.47 Å². The first-order chi connectivity index (χ1) is 8.31. The summed E-state index contributed by atoms with van der Waals surface area (Å²) in [5, 5.41) is 0. The van der Waals surface area contributed by atoms with Gasteiger partial charge >= 0.3 is 0 Å². The van der Waals surface area contributed by atoms with Gasteiger partial charge in [-0.2, -0.15) is 0 Å². The average Bonchev–Trinajstić information content (AvgIpc) is 2.36. The summed E-state index contributed by atoms with van der Waals surface area (Å²) in [6, 6.07) is 0. The average molecular weight is 258 g/mol. The molecule has 0 aromatic carbocycles. The number of rotatable bonds is 10. The molecule has 110 valence electrons. The normalized spacial score (nSPS) is 16.0. The van der Waals surface area contributed by atoms with Crippen molar-refractivity contribution in [3.05, 3.63) is 0 Å². The highest BCUT2D eigenvalue weighted by Crippen LogP contribution is 2.24. The molecule has 0 radical (unpaired) electrons. The van der Waals surface area contributed by atoms with E-state index in [0.717, 1.165) is 38.9 Å². The zero-order valence-electron chi connectivity index (χ0n) is 13.6. The van der Waals surface area contributed by atoms with Crippen molar-refractivity contribution in [2.24, 2.45) is 5.92 Å². The predicted octanol–water partition coefficient (Wildman–Crippen LogP) is 4.81. The van der Waals surface area contributed by atoms with Crippen molar-refractivity contribution in [2.75, 3.05) is 13.2 Å². The molecule has 0 saturated heterocycles. The summed E-state index contributed by atoms with van der Waals surface area (Å²) >= 11 is 0. The van der Waals surface area contributed by atoms with Crippen LogP contribution in [0.2, 0.25) is 0 Å². The number of hydrogen-bond acceptors (Lipinski definition) is 2. The van der Waals surface area contributed by atoms with Crippen LogP contribution >= 0.6 is 0 Å². The van der Waals surface area contributed by atoms with E-state index in [-0.39, 0.29) is 11.2 Å². The summed E-state index contributed by atoms with van der Waals surface area (Å²) in [6.45, 7) is 17.0. The van der Waals surface area contributed by atoms with Gasteiger partial charge in [0.15, 0.2) is 0 Å². The van der Waals surface area contributed by atoms with E-state index in [1.54, 1.807) is 0 Å². The first kappa shape index (κ1) is 17.9. The summed E-state index contributed by atoms with van der Waals surface area (Å²) < 4.78 is 12.1. The molecule has 0 aliphatic rings. The molecule has 0 N–H and O–H groups in total. The summed E-state index contributed by atoms with van der Waals surface area (Å²) in [5.74, 6) is 0.591. The Morgan fingerprint density at radius 2 is 1.33 bits per heavy atom. The fourth-order valence-corrected chi connectivity index (χ4v) is 1.69. The minimum atomic E-state index is -0.0351. The van der Waals surface area contributed by atoms with Crippen LogP contribution in [-0.4, -0.2) is 24.4 Å². The van der Waals surface area contributed by atoms with E-state index < -0.39 is 0 Å². The molecule has 0 aliphatic heterocycles. The van der Waals surface area contributed by atoms with Gasteiger partial charge in [0.25, 0.3) is 0 Å². The molecule has 0 bridgehead atoms. The Morgan fingerprint density at radius 3 is 1.72 bits per heavy atom. The Balaban J connectivity index is 4.13. The first-order valence-corrected chi connectivity index (χ1v) is 7.58. The molecular weight excluding hydrogens is 224 g/mol. The zero-order valence-corrected chi connectivity index (χ0v) is 13.6. The molecule has 0 saturated carbocycles. The minimum Gasteiger partial charge on any atom is -0.375 e. The lowest BCUT2D eigenvalue weighted by atomic mass is 9.97. The maximum atomic E-state index is 6.05. The predicted molar refractivity (Wildman–Crippen MR) is 79.0 cm³/mol. The summed E-state index contributed by atoms with van der Waals surface area (Å²) in [7, 11) is 0. The molecule has 0 heterocycles. The first-order valence-electron chi connectivity index (χ1n) is 7.58. The van der Waals surface area contributed by atoms with E-state index in [1.165, 1.54) is 0 Å². The maximum absolute atomic E-state index is 6.05. The van der Waals surface area contributed by atoms with Gasteiger partial charge in [0.2, 0.25) is 0 Å². The van der Waals surface area contributed by atoms with Crippen molar-refractivity contribution in [2.45, 2.75) is 85.4 Å². The number of ether oxygens (including phenoxy) is 2. The Kier molecular flexibility index (Phi) is 8.13. The van der Waals surface area contributed by atoms with Crippen LogP contribution in [0.1, 0.15) is 74.1 Å². The summed E-state index contributed by atoms with van der Waals surface area (Å²) in [4.78, 5) is 0. The standard InChI is InChI=1S/C16H34O2/c1-8-15(6,9-2)17-12-11-16(7,10-3)18-13-14(4)5/h14H,8-13H2,1-7H3. The molecule has 0 fully saturated rings. The smallest absolute Gasteiger partial charge is 0.0674 e. The fourth-order valence-electron chi connectivity index (χ4n) is 1.69. The lowest BCUT2D eigenvalue weighted by Gasteiger charge is -2.33. The van der Waals surface area contributed by atoms with Crippen molar-refractivity contribution in [1.82, 2.24) is 0 Å². The zero-order chi connectivity index (χ0) is 14.2. The quantitative estimate of drug-likeness (QED) is 0.559. The third-order valence-electron chi connectivity index (χ3n) is 4.09. The Hall–Kier alpha value is -0.0800. The van der Waals surface area contributed by atoms with Crippen molar-refractivity contribution in [3.63, 3.8) is 0 Å². The van der Waals surface area contributed by atoms with Gasteiger partial charge in [-0.3, -0.25) is 0 Å². The SMILES string of the molecule is CCC(C)(CC)OCCC(C)(CC)OCC(C)C. The van der Waals surface area contributed by atoms with Gasteiger partial charge in [0.05, 0.1) is 17.8 Å². The van der Waals surface area contributed by atoms with Gasteiger partial charge in [0.1, 0.15) is 0 Å². The minimum absolute atomic E-state index is 0.0344. The lowest BCUT2D eigenvalue weighted by Crippen LogP contribution is -2.34. The van der Waals surface area contributed by atoms with E-state index >= 15 is 0 Å². The van der Waals surface area contributed by atoms with Gasteiger partial charge in [-0.05, 0) is 45.4 Å². The van der Waals surface area contributed by atoms with Gasteiger partial charge in [-0.25, -0.2) is 0 Å². The van der Waals surface area contributed by atoms with Crippen LogP contribution in [0.15, 0.2) is 0 Å².